The lowest BCUT2D eigenvalue weighted by atomic mass is 10.0. The molecule has 31 heavy (non-hydrogen) atoms. The van der Waals surface area contributed by atoms with Crippen LogP contribution in [0.2, 0.25) is 0 Å². The van der Waals surface area contributed by atoms with Gasteiger partial charge >= 0.3 is 0 Å². The van der Waals surface area contributed by atoms with Gasteiger partial charge in [-0.3, -0.25) is 9.59 Å². The van der Waals surface area contributed by atoms with Gasteiger partial charge in [0.05, 0.1) is 17.7 Å². The van der Waals surface area contributed by atoms with Crippen molar-refractivity contribution >= 4 is 39.3 Å². The minimum Gasteiger partial charge on any atom is -0.383 e. The Labute approximate surface area is 180 Å². The summed E-state index contributed by atoms with van der Waals surface area (Å²) < 4.78 is 7.51. The van der Waals surface area contributed by atoms with E-state index in [4.69, 9.17) is 10.5 Å². The van der Waals surface area contributed by atoms with Crippen molar-refractivity contribution in [3.63, 3.8) is 0 Å². The van der Waals surface area contributed by atoms with Crippen molar-refractivity contribution in [3.8, 4) is 0 Å². The number of fused-ring (bicyclic) bond motifs is 3. The van der Waals surface area contributed by atoms with Gasteiger partial charge in [-0.05, 0) is 43.3 Å². The summed E-state index contributed by atoms with van der Waals surface area (Å²) in [7, 11) is 1.60. The van der Waals surface area contributed by atoms with E-state index in [0.29, 0.717) is 13.2 Å². The van der Waals surface area contributed by atoms with Crippen molar-refractivity contribution in [1.29, 1.82) is 0 Å². The molecule has 0 aliphatic carbocycles. The van der Waals surface area contributed by atoms with Crippen molar-refractivity contribution in [2.75, 3.05) is 25.2 Å². The molecule has 0 spiro atoms. The Morgan fingerprint density at radius 3 is 2.32 bits per heavy atom. The molecule has 0 bridgehead atoms. The number of benzene rings is 3. The first-order chi connectivity index (χ1) is 15.1. The molecule has 4 aromatic rings. The number of anilines is 1. The van der Waals surface area contributed by atoms with E-state index in [1.54, 1.807) is 36.3 Å². The average Bonchev–Trinajstić information content (AvgIpc) is 3.12. The lowest BCUT2D eigenvalue weighted by molar-refractivity contribution is 0.0953. The maximum Gasteiger partial charge on any atom is 0.259 e. The lowest BCUT2D eigenvalue weighted by Crippen LogP contribution is -2.35. The monoisotopic (exact) mass is 415 g/mol. The fraction of sp³-hybridized carbons (Fsp3) is 0.200. The smallest absolute Gasteiger partial charge is 0.259 e. The van der Waals surface area contributed by atoms with Crippen LogP contribution in [0.5, 0.6) is 0 Å². The first kappa shape index (κ1) is 20.6. The normalized spacial score (nSPS) is 11.2. The summed E-state index contributed by atoms with van der Waals surface area (Å²) in [5.74, 6) is -0.915. The minimum atomic E-state index is -0.628. The van der Waals surface area contributed by atoms with E-state index in [1.807, 2.05) is 30.3 Å². The molecule has 1 aromatic heterocycles. The van der Waals surface area contributed by atoms with Crippen LogP contribution < -0.4 is 10.6 Å². The van der Waals surface area contributed by atoms with Crippen LogP contribution in [0.1, 0.15) is 27.6 Å². The summed E-state index contributed by atoms with van der Waals surface area (Å²) in [6, 6.07) is 20.9. The summed E-state index contributed by atoms with van der Waals surface area (Å²) in [4.78, 5) is 27.0. The number of methoxy groups -OCH3 is 1. The fourth-order valence-corrected chi connectivity index (χ4v) is 4.11. The number of carbonyl (C=O) groups excluding carboxylic acids is 2. The number of nitrogens with zero attached hydrogens (tertiary/aromatic N) is 2. The Morgan fingerprint density at radius 2 is 1.61 bits per heavy atom. The third kappa shape index (κ3) is 3.66. The van der Waals surface area contributed by atoms with Gasteiger partial charge in [-0.15, -0.1) is 0 Å². The first-order valence-corrected chi connectivity index (χ1v) is 10.3. The molecule has 2 N–H and O–H groups in total. The zero-order valence-electron chi connectivity index (χ0n) is 17.7. The van der Waals surface area contributed by atoms with Crippen molar-refractivity contribution < 1.29 is 14.3 Å². The third-order valence-electron chi connectivity index (χ3n) is 5.57. The van der Waals surface area contributed by atoms with E-state index in [1.165, 1.54) is 0 Å². The zero-order chi connectivity index (χ0) is 22.0. The predicted octanol–water partition coefficient (Wildman–Crippen LogP) is 4.21. The van der Waals surface area contributed by atoms with Gasteiger partial charge in [0.15, 0.2) is 0 Å². The highest BCUT2D eigenvalue weighted by Crippen LogP contribution is 2.32. The number of aromatic nitrogens is 1. The average molecular weight is 415 g/mol. The second-order valence-electron chi connectivity index (χ2n) is 7.32. The number of aryl methyl sites for hydroxylation is 1. The molecule has 0 unspecified atom stereocenters. The van der Waals surface area contributed by atoms with E-state index in [-0.39, 0.29) is 17.0 Å². The molecule has 0 radical (unpaired) electrons. The topological polar surface area (TPSA) is 77.6 Å². The van der Waals surface area contributed by atoms with Crippen molar-refractivity contribution in [2.24, 2.45) is 5.73 Å². The second kappa shape index (κ2) is 8.62. The molecule has 0 atom stereocenters. The maximum absolute atomic E-state index is 13.5. The molecule has 0 fully saturated rings. The maximum atomic E-state index is 13.5. The molecule has 158 valence electrons. The second-order valence-corrected chi connectivity index (χ2v) is 7.32. The Bertz CT molecular complexity index is 1280. The molecular formula is C25H25N3O3. The van der Waals surface area contributed by atoms with Gasteiger partial charge in [-0.25, -0.2) is 0 Å². The highest BCUT2D eigenvalue weighted by Gasteiger charge is 2.23. The number of hydrogen-bond donors (Lipinski definition) is 1. The highest BCUT2D eigenvalue weighted by atomic mass is 16.5. The minimum absolute atomic E-state index is 0.207. The summed E-state index contributed by atoms with van der Waals surface area (Å²) in [6.45, 7) is 3.68. The number of nitrogens with two attached hydrogens (primary N) is 1. The molecule has 0 aliphatic rings. The van der Waals surface area contributed by atoms with Crippen LogP contribution in [0.4, 0.5) is 5.69 Å². The number of primary amides is 1. The molecule has 0 saturated heterocycles. The number of rotatable bonds is 7. The van der Waals surface area contributed by atoms with Gasteiger partial charge in [0.25, 0.3) is 5.91 Å². The molecule has 2 amide bonds. The SMILES string of the molecule is CCn1c2ccccc2c2cc(N(CCOC)C(=O)c3ccccc3C(N)=O)ccc21. The van der Waals surface area contributed by atoms with Crippen LogP contribution in [-0.2, 0) is 11.3 Å². The number of ether oxygens (including phenoxy) is 1. The largest absolute Gasteiger partial charge is 0.383 e. The van der Waals surface area contributed by atoms with Gasteiger partial charge in [0, 0.05) is 47.7 Å². The van der Waals surface area contributed by atoms with Gasteiger partial charge in [0.2, 0.25) is 5.91 Å². The molecule has 0 aliphatic heterocycles. The zero-order valence-corrected chi connectivity index (χ0v) is 17.7. The van der Waals surface area contributed by atoms with E-state index < -0.39 is 5.91 Å². The molecular weight excluding hydrogens is 390 g/mol. The van der Waals surface area contributed by atoms with E-state index >= 15 is 0 Å². The van der Waals surface area contributed by atoms with Crippen LogP contribution in [-0.4, -0.2) is 36.6 Å². The molecule has 4 rings (SSSR count). The molecule has 0 saturated carbocycles. The summed E-state index contributed by atoms with van der Waals surface area (Å²) in [6.07, 6.45) is 0. The van der Waals surface area contributed by atoms with Crippen molar-refractivity contribution in [3.05, 3.63) is 77.9 Å². The van der Waals surface area contributed by atoms with Gasteiger partial charge < -0.3 is 19.9 Å². The van der Waals surface area contributed by atoms with Crippen LogP contribution in [0.3, 0.4) is 0 Å². The van der Waals surface area contributed by atoms with Crippen molar-refractivity contribution in [1.82, 2.24) is 4.57 Å². The predicted molar refractivity (Wildman–Crippen MR) is 124 cm³/mol. The van der Waals surface area contributed by atoms with Crippen LogP contribution in [0.15, 0.2) is 66.7 Å². The molecule has 6 nitrogen and oxygen atoms in total. The van der Waals surface area contributed by atoms with Gasteiger partial charge in [-0.1, -0.05) is 30.3 Å². The summed E-state index contributed by atoms with van der Waals surface area (Å²) >= 11 is 0. The first-order valence-electron chi connectivity index (χ1n) is 10.3. The van der Waals surface area contributed by atoms with Gasteiger partial charge in [0.1, 0.15) is 0 Å². The standard InChI is InChI=1S/C25H25N3O3/c1-3-27-22-11-7-6-8-18(22)21-16-17(12-13-23(21)27)28(14-15-31-2)25(30)20-10-5-4-9-19(20)24(26)29/h4-13,16H,3,14-15H2,1-2H3,(H2,26,29). The van der Waals surface area contributed by atoms with Crippen LogP contribution in [0.25, 0.3) is 21.8 Å². The molecule has 6 heteroatoms. The molecule has 3 aromatic carbocycles. The Kier molecular flexibility index (Phi) is 5.73. The summed E-state index contributed by atoms with van der Waals surface area (Å²) in [5, 5.41) is 2.21. The number of amides is 2. The fourth-order valence-electron chi connectivity index (χ4n) is 4.11. The van der Waals surface area contributed by atoms with Crippen molar-refractivity contribution in [2.45, 2.75) is 13.5 Å². The lowest BCUT2D eigenvalue weighted by Gasteiger charge is -2.24. The number of carbonyl (C=O) groups is 2. The quantitative estimate of drug-likeness (QED) is 0.491. The number of hydrogen-bond acceptors (Lipinski definition) is 3. The number of para-hydroxylation sites is 1. The Morgan fingerprint density at radius 1 is 0.935 bits per heavy atom. The van der Waals surface area contributed by atoms with E-state index in [2.05, 4.69) is 23.6 Å². The third-order valence-corrected chi connectivity index (χ3v) is 5.57. The molecule has 1 heterocycles. The summed E-state index contributed by atoms with van der Waals surface area (Å²) in [5.41, 5.74) is 9.01. The van der Waals surface area contributed by atoms with E-state index in [9.17, 15) is 9.59 Å². The van der Waals surface area contributed by atoms with Gasteiger partial charge in [-0.2, -0.15) is 0 Å². The van der Waals surface area contributed by atoms with Crippen LogP contribution >= 0.6 is 0 Å². The Balaban J connectivity index is 1.86. The Hall–Kier alpha value is -3.64. The van der Waals surface area contributed by atoms with E-state index in [0.717, 1.165) is 34.0 Å². The highest BCUT2D eigenvalue weighted by molar-refractivity contribution is 6.14. The van der Waals surface area contributed by atoms with Crippen LogP contribution in [0, 0.1) is 0 Å².